The average molecular weight is 1070 g/mol. The first-order chi connectivity index (χ1) is 38.1. The summed E-state index contributed by atoms with van der Waals surface area (Å²) in [7, 11) is 0. The molecule has 5 atom stereocenters. The van der Waals surface area contributed by atoms with Crippen LogP contribution >= 0.6 is 0 Å². The summed E-state index contributed by atoms with van der Waals surface area (Å²) in [5.41, 5.74) is 6.29. The van der Waals surface area contributed by atoms with E-state index in [1.165, 1.54) is 67.6 Å². The minimum Gasteiger partial charge on any atom is -0.462 e. The first-order valence-electron chi connectivity index (χ1n) is 26.2. The van der Waals surface area contributed by atoms with E-state index < -0.39 is 71.6 Å². The Morgan fingerprint density at radius 3 is 1.95 bits per heavy atom. The number of halogens is 3. The van der Waals surface area contributed by atoms with E-state index in [-0.39, 0.29) is 75.0 Å². The molecule has 3 heterocycles. The Morgan fingerprint density at radius 2 is 1.32 bits per heavy atom. The molecule has 16 heteroatoms. The molecule has 7 aromatic rings. The number of carbonyl (C=O) groups is 6. The maximum atomic E-state index is 14.5. The highest BCUT2D eigenvalue weighted by molar-refractivity contribution is 6.12. The van der Waals surface area contributed by atoms with E-state index in [2.05, 4.69) is 5.32 Å². The average Bonchev–Trinajstić information content (AvgIpc) is 4.02. The Balaban J connectivity index is 0.847. The van der Waals surface area contributed by atoms with Crippen LogP contribution in [-0.2, 0) is 44.7 Å². The standard InChI is InChI=1S/C63H58F3N3O10/c1-38(2)59-58(62(74)67-47-12-8-5-9-13-47)57(41-10-6-4-7-11-41)61(43-16-22-45(65)23-17-43)68(59)35-34-50-36-51(37-56(73)78-50)79-55(72)33-32-54(71)77-49-28-18-42(19-29-49)60-52(63(75)69(60)48-26-24-46(66)25-27-48)30-31-53(76-39(3)70)40-14-20-44(64)21-15-40/h4-29,38,50-53,60H,30-37H2,1-3H3,(H,67,74)/t50?,51?,52-,53+,60-/m1/s1. The third-order valence-corrected chi connectivity index (χ3v) is 14.1. The fourth-order valence-electron chi connectivity index (χ4n) is 10.6. The molecular formula is C63H58F3N3O10. The highest BCUT2D eigenvalue weighted by atomic mass is 19.1. The minimum absolute atomic E-state index is 0.174. The second kappa shape index (κ2) is 24.7. The zero-order valence-corrected chi connectivity index (χ0v) is 43.7. The van der Waals surface area contributed by atoms with Crippen LogP contribution < -0.4 is 15.0 Å². The van der Waals surface area contributed by atoms with Gasteiger partial charge in [0.05, 0.1) is 42.5 Å². The van der Waals surface area contributed by atoms with Crippen molar-refractivity contribution in [2.45, 2.75) is 103 Å². The van der Waals surface area contributed by atoms with Crippen LogP contribution in [0.4, 0.5) is 24.5 Å². The predicted octanol–water partition coefficient (Wildman–Crippen LogP) is 12.8. The number of aromatic nitrogens is 1. The van der Waals surface area contributed by atoms with Gasteiger partial charge >= 0.3 is 23.9 Å². The van der Waals surface area contributed by atoms with E-state index in [1.54, 1.807) is 53.4 Å². The van der Waals surface area contributed by atoms with Crippen LogP contribution in [0.3, 0.4) is 0 Å². The van der Waals surface area contributed by atoms with Crippen molar-refractivity contribution in [1.82, 2.24) is 4.57 Å². The lowest BCUT2D eigenvalue weighted by atomic mass is 9.78. The number of rotatable bonds is 20. The largest absolute Gasteiger partial charge is 0.462 e. The summed E-state index contributed by atoms with van der Waals surface area (Å²) in [6.45, 7) is 5.52. The number of esters is 4. The lowest BCUT2D eigenvalue weighted by molar-refractivity contribution is -0.170. The molecule has 0 saturated carbocycles. The number of ether oxygens (including phenoxy) is 4. The van der Waals surface area contributed by atoms with Gasteiger partial charge in [-0.15, -0.1) is 0 Å². The van der Waals surface area contributed by atoms with Crippen molar-refractivity contribution in [2.24, 2.45) is 5.92 Å². The van der Waals surface area contributed by atoms with Crippen molar-refractivity contribution in [2.75, 3.05) is 10.2 Å². The first kappa shape index (κ1) is 55.0. The van der Waals surface area contributed by atoms with Gasteiger partial charge in [0, 0.05) is 48.9 Å². The summed E-state index contributed by atoms with van der Waals surface area (Å²) in [4.78, 5) is 81.3. The van der Waals surface area contributed by atoms with E-state index in [9.17, 15) is 41.9 Å². The number of nitrogens with zero attached hydrogens (tertiary/aromatic N) is 2. The van der Waals surface area contributed by atoms with E-state index in [0.29, 0.717) is 44.9 Å². The SMILES string of the molecule is CC(=O)O[C@@H](CC[C@H]1C(=O)N(c2ccc(F)cc2)[C@@H]1c1ccc(OC(=O)CCC(=O)OC2CC(=O)OC(CCn3c(-c4ccc(F)cc4)c(-c4ccccc4)c(C(=O)Nc4ccccc4)c3C(C)C)C2)cc1)c1ccc(F)cc1. The summed E-state index contributed by atoms with van der Waals surface area (Å²) in [6.07, 6.45) is -2.13. The topological polar surface area (TPSA) is 160 Å². The van der Waals surface area contributed by atoms with Crippen LogP contribution in [0.1, 0.15) is 111 Å². The van der Waals surface area contributed by atoms with Gasteiger partial charge in [-0.05, 0) is 126 Å². The molecule has 0 bridgehead atoms. The number of benzene rings is 6. The van der Waals surface area contributed by atoms with Gasteiger partial charge in [0.2, 0.25) is 5.91 Å². The number of carbonyl (C=O) groups excluding carboxylic acids is 6. The fourth-order valence-corrected chi connectivity index (χ4v) is 10.6. The van der Waals surface area contributed by atoms with Crippen LogP contribution in [-0.4, -0.2) is 52.5 Å². The number of hydrogen-bond acceptors (Lipinski definition) is 10. The highest BCUT2D eigenvalue weighted by Gasteiger charge is 2.49. The molecule has 6 aromatic carbocycles. The van der Waals surface area contributed by atoms with Gasteiger partial charge < -0.3 is 33.7 Å². The molecule has 2 saturated heterocycles. The van der Waals surface area contributed by atoms with E-state index in [1.807, 2.05) is 66.9 Å². The van der Waals surface area contributed by atoms with Crippen molar-refractivity contribution in [3.63, 3.8) is 0 Å². The summed E-state index contributed by atoms with van der Waals surface area (Å²) in [5, 5.41) is 3.07. The Bertz CT molecular complexity index is 3310. The van der Waals surface area contributed by atoms with Gasteiger partial charge in [0.1, 0.15) is 41.5 Å². The minimum atomic E-state index is -0.840. The third-order valence-electron chi connectivity index (χ3n) is 14.1. The van der Waals surface area contributed by atoms with Crippen molar-refractivity contribution in [3.8, 4) is 28.1 Å². The maximum Gasteiger partial charge on any atom is 0.311 e. The molecule has 2 amide bonds. The molecule has 0 spiro atoms. The Kier molecular flexibility index (Phi) is 17.2. The van der Waals surface area contributed by atoms with Gasteiger partial charge in [0.15, 0.2) is 0 Å². The van der Waals surface area contributed by atoms with Crippen LogP contribution in [0.2, 0.25) is 0 Å². The molecule has 2 aliphatic heterocycles. The van der Waals surface area contributed by atoms with Crippen LogP contribution in [0.5, 0.6) is 5.75 Å². The molecule has 2 aliphatic rings. The molecule has 1 aromatic heterocycles. The number of anilines is 2. The van der Waals surface area contributed by atoms with Crippen LogP contribution in [0.25, 0.3) is 22.4 Å². The molecule has 13 nitrogen and oxygen atoms in total. The molecule has 2 fully saturated rings. The molecule has 2 unspecified atom stereocenters. The van der Waals surface area contributed by atoms with Crippen molar-refractivity contribution in [3.05, 3.63) is 198 Å². The lowest BCUT2D eigenvalue weighted by Crippen LogP contribution is -2.55. The van der Waals surface area contributed by atoms with Gasteiger partial charge in [-0.3, -0.25) is 28.8 Å². The summed E-state index contributed by atoms with van der Waals surface area (Å²) < 4.78 is 66.9. The summed E-state index contributed by atoms with van der Waals surface area (Å²) >= 11 is 0. The molecule has 79 heavy (non-hydrogen) atoms. The predicted molar refractivity (Wildman–Crippen MR) is 289 cm³/mol. The number of amides is 2. The van der Waals surface area contributed by atoms with Crippen LogP contribution in [0, 0.1) is 23.4 Å². The van der Waals surface area contributed by atoms with Gasteiger partial charge in [-0.1, -0.05) is 86.6 Å². The van der Waals surface area contributed by atoms with Gasteiger partial charge in [0.25, 0.3) is 5.91 Å². The van der Waals surface area contributed by atoms with E-state index in [0.717, 1.165) is 11.3 Å². The van der Waals surface area contributed by atoms with Crippen molar-refractivity contribution < 1.29 is 60.9 Å². The Labute approximate surface area is 455 Å². The van der Waals surface area contributed by atoms with Crippen LogP contribution in [0.15, 0.2) is 158 Å². The first-order valence-corrected chi connectivity index (χ1v) is 26.2. The van der Waals surface area contributed by atoms with Gasteiger partial charge in [-0.2, -0.15) is 0 Å². The monoisotopic (exact) mass is 1070 g/mol. The van der Waals surface area contributed by atoms with E-state index >= 15 is 0 Å². The fraction of sp³-hybridized carbons (Fsp3) is 0.270. The number of nitrogens with one attached hydrogen (secondary N) is 1. The molecule has 0 aliphatic carbocycles. The number of hydrogen-bond donors (Lipinski definition) is 1. The zero-order chi connectivity index (χ0) is 55.7. The quantitative estimate of drug-likeness (QED) is 0.0337. The number of β-lactam (4-membered cyclic amide) rings is 1. The maximum absolute atomic E-state index is 14.5. The Morgan fingerprint density at radius 1 is 0.709 bits per heavy atom. The van der Waals surface area contributed by atoms with Gasteiger partial charge in [-0.25, -0.2) is 13.2 Å². The molecule has 406 valence electrons. The summed E-state index contributed by atoms with van der Waals surface area (Å²) in [6, 6.07) is 41.8. The molecular weight excluding hydrogens is 1020 g/mol. The third kappa shape index (κ3) is 13.1. The number of cyclic esters (lactones) is 1. The molecule has 1 N–H and O–H groups in total. The second-order valence-electron chi connectivity index (χ2n) is 19.9. The normalized spacial score (nSPS) is 17.3. The smallest absolute Gasteiger partial charge is 0.311 e. The lowest BCUT2D eigenvalue weighted by Gasteiger charge is -2.48. The Hall–Kier alpha value is -8.79. The van der Waals surface area contributed by atoms with Crippen molar-refractivity contribution >= 4 is 47.1 Å². The number of para-hydroxylation sites is 1. The van der Waals surface area contributed by atoms with E-state index in [4.69, 9.17) is 18.9 Å². The summed E-state index contributed by atoms with van der Waals surface area (Å²) in [5.74, 6) is -5.01. The highest BCUT2D eigenvalue weighted by Crippen LogP contribution is 2.47. The zero-order valence-electron chi connectivity index (χ0n) is 43.7. The molecule has 9 rings (SSSR count). The molecule has 0 radical (unpaired) electrons. The second-order valence-corrected chi connectivity index (χ2v) is 19.9. The van der Waals surface area contributed by atoms with Crippen molar-refractivity contribution in [1.29, 1.82) is 0 Å².